The third kappa shape index (κ3) is 1.42. The van der Waals surface area contributed by atoms with Crippen LogP contribution in [0.1, 0.15) is 24.2 Å². The normalized spacial score (nSPS) is 12.9. The first-order valence-electron chi connectivity index (χ1n) is 3.46. The Morgan fingerprint density at radius 2 is 2.36 bits per heavy atom. The van der Waals surface area contributed by atoms with Gasteiger partial charge >= 0.3 is 0 Å². The zero-order valence-electron chi connectivity index (χ0n) is 6.63. The van der Waals surface area contributed by atoms with Gasteiger partial charge in [0.2, 0.25) is 0 Å². The maximum Gasteiger partial charge on any atom is 0.190 e. The van der Waals surface area contributed by atoms with Crippen molar-refractivity contribution in [1.29, 1.82) is 0 Å². The van der Waals surface area contributed by atoms with Crippen LogP contribution >= 0.6 is 0 Å². The van der Waals surface area contributed by atoms with E-state index in [1.54, 1.807) is 13.0 Å². The van der Waals surface area contributed by atoms with Crippen molar-refractivity contribution < 1.29 is 9.21 Å². The molecule has 0 aliphatic carbocycles. The molecule has 11 heavy (non-hydrogen) atoms. The maximum absolute atomic E-state index is 10.4. The molecule has 0 aliphatic rings. The monoisotopic (exact) mass is 153 g/mol. The summed E-state index contributed by atoms with van der Waals surface area (Å²) in [5.41, 5.74) is 6.32. The second kappa shape index (κ2) is 2.78. The second-order valence-corrected chi connectivity index (χ2v) is 2.62. The summed E-state index contributed by atoms with van der Waals surface area (Å²) < 4.78 is 5.11. The number of aryl methyl sites for hydroxylation is 1. The second-order valence-electron chi connectivity index (χ2n) is 2.62. The lowest BCUT2D eigenvalue weighted by Gasteiger charge is -1.98. The molecule has 1 aromatic heterocycles. The number of carbonyl (C=O) groups is 1. The van der Waals surface area contributed by atoms with Crippen molar-refractivity contribution in [3.05, 3.63) is 17.4 Å². The third-order valence-electron chi connectivity index (χ3n) is 1.59. The Bertz CT molecular complexity index is 265. The topological polar surface area (TPSA) is 56.2 Å². The molecular formula is C8H11NO2. The highest BCUT2D eigenvalue weighted by Crippen LogP contribution is 2.22. The molecule has 60 valence electrons. The van der Waals surface area contributed by atoms with Gasteiger partial charge in [0.25, 0.3) is 0 Å². The van der Waals surface area contributed by atoms with Gasteiger partial charge in [-0.2, -0.15) is 0 Å². The smallest absolute Gasteiger partial charge is 0.190 e. The number of rotatable bonds is 2. The predicted molar refractivity (Wildman–Crippen MR) is 42.3 cm³/mol. The van der Waals surface area contributed by atoms with E-state index < -0.39 is 0 Å². The lowest BCUT2D eigenvalue weighted by molar-refractivity contribution is -0.109. The van der Waals surface area contributed by atoms with Gasteiger partial charge in [-0.1, -0.05) is 0 Å². The summed E-state index contributed by atoms with van der Waals surface area (Å²) in [6, 6.07) is 1.72. The number of furan rings is 1. The van der Waals surface area contributed by atoms with Gasteiger partial charge in [-0.15, -0.1) is 0 Å². The van der Waals surface area contributed by atoms with Gasteiger partial charge in [0.15, 0.2) is 5.88 Å². The highest BCUT2D eigenvalue weighted by atomic mass is 16.4. The number of anilines is 1. The Balaban J connectivity index is 3.02. The molecule has 1 heterocycles. The van der Waals surface area contributed by atoms with Crippen molar-refractivity contribution >= 4 is 12.2 Å². The molecular weight excluding hydrogens is 142 g/mol. The number of nitrogens with two attached hydrogens (primary N) is 1. The largest absolute Gasteiger partial charge is 0.445 e. The van der Waals surface area contributed by atoms with Gasteiger partial charge in [0.05, 0.1) is 5.92 Å². The van der Waals surface area contributed by atoms with Crippen LogP contribution in [0.3, 0.4) is 0 Å². The molecule has 1 unspecified atom stereocenters. The first-order chi connectivity index (χ1) is 5.15. The Morgan fingerprint density at radius 3 is 2.73 bits per heavy atom. The Hall–Kier alpha value is -1.25. The van der Waals surface area contributed by atoms with Crippen molar-refractivity contribution in [3.8, 4) is 0 Å². The van der Waals surface area contributed by atoms with Crippen molar-refractivity contribution in [2.24, 2.45) is 0 Å². The van der Waals surface area contributed by atoms with Crippen LogP contribution in [0.15, 0.2) is 10.5 Å². The van der Waals surface area contributed by atoms with Gasteiger partial charge in [-0.25, -0.2) is 0 Å². The van der Waals surface area contributed by atoms with Gasteiger partial charge in [0, 0.05) is 6.07 Å². The molecule has 1 aromatic rings. The molecule has 0 amide bonds. The summed E-state index contributed by atoms with van der Waals surface area (Å²) in [4.78, 5) is 10.4. The summed E-state index contributed by atoms with van der Waals surface area (Å²) in [5.74, 6) is 0.830. The fourth-order valence-electron chi connectivity index (χ4n) is 1.04. The van der Waals surface area contributed by atoms with E-state index in [0.29, 0.717) is 11.6 Å². The van der Waals surface area contributed by atoms with E-state index in [1.807, 2.05) is 6.92 Å². The summed E-state index contributed by atoms with van der Waals surface area (Å²) >= 11 is 0. The van der Waals surface area contributed by atoms with Crippen molar-refractivity contribution in [2.45, 2.75) is 19.8 Å². The molecule has 3 nitrogen and oxygen atoms in total. The molecule has 0 radical (unpaired) electrons. The van der Waals surface area contributed by atoms with E-state index in [0.717, 1.165) is 11.8 Å². The maximum atomic E-state index is 10.4. The zero-order valence-corrected chi connectivity index (χ0v) is 6.63. The minimum atomic E-state index is -0.202. The molecule has 1 rings (SSSR count). The summed E-state index contributed by atoms with van der Waals surface area (Å²) in [5, 5.41) is 0. The molecule has 0 saturated heterocycles. The number of hydrogen-bond acceptors (Lipinski definition) is 3. The first-order valence-corrected chi connectivity index (χ1v) is 3.46. The van der Waals surface area contributed by atoms with Crippen molar-refractivity contribution in [3.63, 3.8) is 0 Å². The zero-order chi connectivity index (χ0) is 8.43. The lowest BCUT2D eigenvalue weighted by Crippen LogP contribution is -1.93. The van der Waals surface area contributed by atoms with Crippen LogP contribution in [0.2, 0.25) is 0 Å². The summed E-state index contributed by atoms with van der Waals surface area (Å²) in [6.07, 6.45) is 0.839. The SMILES string of the molecule is Cc1cc(N)oc1C(C)C=O. The van der Waals surface area contributed by atoms with Crippen LogP contribution in [0.4, 0.5) is 5.88 Å². The van der Waals surface area contributed by atoms with Gasteiger partial charge in [-0.3, -0.25) is 0 Å². The molecule has 2 N–H and O–H groups in total. The lowest BCUT2D eigenvalue weighted by atomic mass is 10.1. The Morgan fingerprint density at radius 1 is 1.73 bits per heavy atom. The number of aldehydes is 1. The Kier molecular flexibility index (Phi) is 1.98. The van der Waals surface area contributed by atoms with E-state index >= 15 is 0 Å². The van der Waals surface area contributed by atoms with Crippen LogP contribution in [0.5, 0.6) is 0 Å². The third-order valence-corrected chi connectivity index (χ3v) is 1.59. The minimum absolute atomic E-state index is 0.202. The fourth-order valence-corrected chi connectivity index (χ4v) is 1.04. The highest BCUT2D eigenvalue weighted by Gasteiger charge is 2.11. The van der Waals surface area contributed by atoms with E-state index in [9.17, 15) is 4.79 Å². The molecule has 0 saturated carbocycles. The van der Waals surface area contributed by atoms with Gasteiger partial charge in [-0.05, 0) is 19.4 Å². The molecule has 0 aromatic carbocycles. The predicted octanol–water partition coefficient (Wildman–Crippen LogP) is 1.47. The molecule has 0 bridgehead atoms. The Labute approximate surface area is 65.2 Å². The van der Waals surface area contributed by atoms with Crippen LogP contribution in [-0.4, -0.2) is 6.29 Å². The van der Waals surface area contributed by atoms with E-state index in [4.69, 9.17) is 10.2 Å². The molecule has 0 spiro atoms. The number of nitrogen functional groups attached to an aromatic ring is 1. The number of hydrogen-bond donors (Lipinski definition) is 1. The first kappa shape index (κ1) is 7.85. The molecule has 1 atom stereocenters. The van der Waals surface area contributed by atoms with E-state index in [-0.39, 0.29) is 5.92 Å². The average molecular weight is 153 g/mol. The van der Waals surface area contributed by atoms with Crippen LogP contribution in [0, 0.1) is 6.92 Å². The fraction of sp³-hybridized carbons (Fsp3) is 0.375. The highest BCUT2D eigenvalue weighted by molar-refractivity contribution is 5.61. The quantitative estimate of drug-likeness (QED) is 0.654. The molecule has 0 aliphatic heterocycles. The van der Waals surface area contributed by atoms with Crippen molar-refractivity contribution in [2.75, 3.05) is 5.73 Å². The summed E-state index contributed by atoms with van der Waals surface area (Å²) in [7, 11) is 0. The van der Waals surface area contributed by atoms with Gasteiger partial charge < -0.3 is 14.9 Å². The molecule has 3 heteroatoms. The standard InChI is InChI=1S/C8H11NO2/c1-5-3-7(9)11-8(5)6(2)4-10/h3-4,6H,9H2,1-2H3. The van der Waals surface area contributed by atoms with Crippen LogP contribution in [0.25, 0.3) is 0 Å². The van der Waals surface area contributed by atoms with Crippen LogP contribution < -0.4 is 5.73 Å². The van der Waals surface area contributed by atoms with E-state index in [2.05, 4.69) is 0 Å². The molecule has 0 fully saturated rings. The van der Waals surface area contributed by atoms with Crippen LogP contribution in [-0.2, 0) is 4.79 Å². The average Bonchev–Trinajstić information content (AvgIpc) is 2.28. The minimum Gasteiger partial charge on any atom is -0.445 e. The van der Waals surface area contributed by atoms with E-state index in [1.165, 1.54) is 0 Å². The summed E-state index contributed by atoms with van der Waals surface area (Å²) in [6.45, 7) is 3.65. The van der Waals surface area contributed by atoms with Crippen molar-refractivity contribution in [1.82, 2.24) is 0 Å². The number of carbonyl (C=O) groups excluding carboxylic acids is 1. The van der Waals surface area contributed by atoms with Gasteiger partial charge in [0.1, 0.15) is 12.0 Å².